The number of nitrogens with two attached hydrogens (primary N) is 1. The van der Waals surface area contributed by atoms with Gasteiger partial charge in [0.1, 0.15) is 30.2 Å². The topological polar surface area (TPSA) is 121 Å². The lowest BCUT2D eigenvalue weighted by Crippen LogP contribution is -2.52. The average molecular weight is 551 g/mol. The van der Waals surface area contributed by atoms with E-state index in [1.54, 1.807) is 6.33 Å². The minimum absolute atomic E-state index is 0.166. The van der Waals surface area contributed by atoms with E-state index in [0.29, 0.717) is 23.5 Å². The number of imidazole rings is 1. The Bertz CT molecular complexity index is 1020. The van der Waals surface area contributed by atoms with Crippen molar-refractivity contribution in [2.24, 2.45) is 0 Å². The van der Waals surface area contributed by atoms with Crippen LogP contribution >= 0.6 is 0 Å². The predicted molar refractivity (Wildman–Crippen MR) is 150 cm³/mol. The van der Waals surface area contributed by atoms with Crippen molar-refractivity contribution >= 4 is 33.6 Å². The van der Waals surface area contributed by atoms with Gasteiger partial charge in [-0.3, -0.25) is 9.47 Å². The molecule has 12 heteroatoms. The zero-order valence-corrected chi connectivity index (χ0v) is 25.4. The summed E-state index contributed by atoms with van der Waals surface area (Å²) in [7, 11) is -4.01. The Morgan fingerprint density at radius 1 is 0.946 bits per heavy atom. The molecule has 6 atom stereocenters. The van der Waals surface area contributed by atoms with Gasteiger partial charge in [0.2, 0.25) is 0 Å². The molecular formula is C25H46N6O4Si2. The highest BCUT2D eigenvalue weighted by atomic mass is 28.4. The number of fused-ring (bicyclic) bond motifs is 1. The van der Waals surface area contributed by atoms with E-state index in [0.717, 1.165) is 42.8 Å². The molecule has 2 aliphatic rings. The van der Waals surface area contributed by atoms with Crippen LogP contribution in [0.3, 0.4) is 0 Å². The molecule has 208 valence electrons. The Morgan fingerprint density at radius 2 is 1.54 bits per heavy atom. The molecule has 0 radical (unpaired) electrons. The molecule has 2 aromatic rings. The lowest BCUT2D eigenvalue weighted by molar-refractivity contribution is -0.0352. The molecule has 10 nitrogen and oxygen atoms in total. The maximum atomic E-state index is 9.70. The van der Waals surface area contributed by atoms with Crippen LogP contribution in [0, 0.1) is 0 Å². The molecular weight excluding hydrogens is 504 g/mol. The summed E-state index contributed by atoms with van der Waals surface area (Å²) >= 11 is 0. The Labute approximate surface area is 223 Å². The highest BCUT2D eigenvalue weighted by molar-refractivity contribution is 6.74. The van der Waals surface area contributed by atoms with Gasteiger partial charge in [0, 0.05) is 19.1 Å². The summed E-state index contributed by atoms with van der Waals surface area (Å²) in [5, 5.41) is 9.70. The quantitative estimate of drug-likeness (QED) is 0.267. The first kappa shape index (κ1) is 28.6. The van der Waals surface area contributed by atoms with Crippen molar-refractivity contribution < 1.29 is 18.7 Å². The van der Waals surface area contributed by atoms with E-state index < -0.39 is 22.9 Å². The summed E-state index contributed by atoms with van der Waals surface area (Å²) < 4.78 is 23.3. The van der Waals surface area contributed by atoms with Gasteiger partial charge in [-0.25, -0.2) is 15.0 Å². The molecule has 2 saturated heterocycles. The molecule has 3 N–H and O–H groups in total. The monoisotopic (exact) mass is 550 g/mol. The van der Waals surface area contributed by atoms with Crippen molar-refractivity contribution in [2.45, 2.75) is 108 Å². The predicted octanol–water partition coefficient (Wildman–Crippen LogP) is 3.76. The van der Waals surface area contributed by atoms with Crippen LogP contribution in [0.25, 0.3) is 11.2 Å². The van der Waals surface area contributed by atoms with Crippen molar-refractivity contribution in [1.29, 1.82) is 0 Å². The number of hydrogen-bond donors (Lipinski definition) is 2. The van der Waals surface area contributed by atoms with E-state index >= 15 is 0 Å². The number of hydrogen-bond acceptors (Lipinski definition) is 9. The average Bonchev–Trinajstić information content (AvgIpc) is 3.42. The van der Waals surface area contributed by atoms with Crippen molar-refractivity contribution in [2.75, 3.05) is 25.4 Å². The Balaban J connectivity index is 1.79. The summed E-state index contributed by atoms with van der Waals surface area (Å²) in [6.07, 6.45) is 2.12. The van der Waals surface area contributed by atoms with Gasteiger partial charge in [0.05, 0.1) is 12.9 Å². The zero-order valence-electron chi connectivity index (χ0n) is 23.4. The van der Waals surface area contributed by atoms with E-state index in [-0.39, 0.29) is 31.0 Å². The van der Waals surface area contributed by atoms with Gasteiger partial charge in [-0.15, -0.1) is 0 Å². The number of nitrogen functional groups attached to an aromatic ring is 1. The fraction of sp³-hybridized carbons (Fsp3) is 0.800. The Morgan fingerprint density at radius 3 is 2.08 bits per heavy atom. The minimum Gasteiger partial charge on any atom is -0.408 e. The zero-order chi connectivity index (χ0) is 26.8. The fourth-order valence-electron chi connectivity index (χ4n) is 5.83. The van der Waals surface area contributed by atoms with Crippen molar-refractivity contribution in [3.8, 4) is 0 Å². The molecule has 2 aromatic heterocycles. The summed E-state index contributed by atoms with van der Waals surface area (Å²) in [6.45, 7) is 15.3. The molecule has 4 heterocycles. The second-order valence-corrected chi connectivity index (χ2v) is 20.0. The number of rotatable bonds is 14. The molecule has 0 saturated carbocycles. The third-order valence-corrected chi connectivity index (χ3v) is 18.3. The molecule has 37 heavy (non-hydrogen) atoms. The van der Waals surface area contributed by atoms with Gasteiger partial charge in [0.25, 0.3) is 0 Å². The number of aliphatic hydroxyl groups excluding tert-OH is 1. The second-order valence-electron chi connectivity index (χ2n) is 10.6. The van der Waals surface area contributed by atoms with Crippen molar-refractivity contribution in [3.63, 3.8) is 0 Å². The number of nitrogens with zero attached hydrogens (tertiary/aromatic N) is 5. The van der Waals surface area contributed by atoms with Gasteiger partial charge in [0.15, 0.2) is 34.3 Å². The summed E-state index contributed by atoms with van der Waals surface area (Å²) in [5.74, 6) is 0.354. The maximum absolute atomic E-state index is 9.70. The third kappa shape index (κ3) is 5.52. The van der Waals surface area contributed by atoms with Crippen LogP contribution in [0.1, 0.15) is 47.8 Å². The van der Waals surface area contributed by atoms with Gasteiger partial charge in [-0.2, -0.15) is 0 Å². The van der Waals surface area contributed by atoms with E-state index in [9.17, 15) is 5.11 Å². The van der Waals surface area contributed by atoms with Crippen LogP contribution in [-0.4, -0.2) is 90.2 Å². The maximum Gasteiger partial charge on any atom is 0.192 e. The molecule has 4 rings (SSSR count). The van der Waals surface area contributed by atoms with Gasteiger partial charge in [-0.05, 0) is 36.3 Å². The summed E-state index contributed by atoms with van der Waals surface area (Å²) in [4.78, 5) is 15.4. The van der Waals surface area contributed by atoms with Crippen molar-refractivity contribution in [1.82, 2.24) is 24.4 Å². The SMILES string of the molecule is CC[Si](CC)(CC)OC1[C@@H](O[Si](CC)(CC)CC)[C@@H](CN2CC2CO)O[C@H]1n1cnc2c(N)ncnc21. The second kappa shape index (κ2) is 11.8. The molecule has 2 fully saturated rings. The molecule has 3 unspecified atom stereocenters. The first-order chi connectivity index (χ1) is 17.8. The number of aromatic nitrogens is 4. The summed E-state index contributed by atoms with van der Waals surface area (Å²) in [6, 6.07) is 6.48. The minimum atomic E-state index is -2.03. The molecule has 0 amide bonds. The smallest absolute Gasteiger partial charge is 0.192 e. The molecule has 0 spiro atoms. The van der Waals surface area contributed by atoms with Crippen LogP contribution in [-0.2, 0) is 13.6 Å². The van der Waals surface area contributed by atoms with E-state index in [1.165, 1.54) is 6.33 Å². The standard InChI is InChI=1S/C25H46N6O4Si2/c1-7-36(8-2,9-3)34-21-19(14-30-13-18(30)15-32)33-25(22(21)35-37(10-4,11-5)12-6)31-17-29-20-23(26)27-16-28-24(20)31/h16-19,21-22,25,32H,7-15H2,1-6H3,(H2,26,27,28)/t18?,19-,21+,22?,25-,30?/m1/s1. The first-order valence-corrected chi connectivity index (χ1v) is 19.2. The van der Waals surface area contributed by atoms with E-state index in [2.05, 4.69) is 61.4 Å². The fourth-order valence-corrected chi connectivity index (χ4v) is 11.5. The van der Waals surface area contributed by atoms with Gasteiger partial charge >= 0.3 is 0 Å². The van der Waals surface area contributed by atoms with Gasteiger partial charge < -0.3 is 24.4 Å². The van der Waals surface area contributed by atoms with E-state index in [4.69, 9.17) is 19.3 Å². The normalized spacial score (nSPS) is 28.3. The van der Waals surface area contributed by atoms with Crippen molar-refractivity contribution in [3.05, 3.63) is 12.7 Å². The Kier molecular flexibility index (Phi) is 9.09. The van der Waals surface area contributed by atoms with E-state index in [1.807, 2.05) is 4.57 Å². The highest BCUT2D eigenvalue weighted by Gasteiger charge is 2.54. The molecule has 0 bridgehead atoms. The van der Waals surface area contributed by atoms with Gasteiger partial charge in [-0.1, -0.05) is 41.5 Å². The highest BCUT2D eigenvalue weighted by Crippen LogP contribution is 2.42. The van der Waals surface area contributed by atoms with Crippen LogP contribution in [0.4, 0.5) is 5.82 Å². The molecule has 2 aliphatic heterocycles. The lowest BCUT2D eigenvalue weighted by atomic mass is 10.1. The van der Waals surface area contributed by atoms with Crippen LogP contribution < -0.4 is 5.73 Å². The summed E-state index contributed by atoms with van der Waals surface area (Å²) in [5.41, 5.74) is 7.34. The lowest BCUT2D eigenvalue weighted by Gasteiger charge is -2.39. The number of anilines is 1. The van der Waals surface area contributed by atoms with Crippen LogP contribution in [0.15, 0.2) is 12.7 Å². The van der Waals surface area contributed by atoms with Crippen LogP contribution in [0.2, 0.25) is 36.3 Å². The Hall–Kier alpha value is -1.42. The molecule has 0 aromatic carbocycles. The number of ether oxygens (including phenoxy) is 1. The largest absolute Gasteiger partial charge is 0.408 e. The van der Waals surface area contributed by atoms with Crippen LogP contribution in [0.5, 0.6) is 0 Å². The third-order valence-electron chi connectivity index (χ3n) is 9.04. The number of aliphatic hydroxyl groups is 1. The molecule has 0 aliphatic carbocycles. The first-order valence-electron chi connectivity index (χ1n) is 14.1.